The molecule has 1 saturated heterocycles. The zero-order valence-electron chi connectivity index (χ0n) is 12.7. The van der Waals surface area contributed by atoms with Gasteiger partial charge in [-0.3, -0.25) is 14.5 Å². The van der Waals surface area contributed by atoms with E-state index in [0.29, 0.717) is 4.91 Å². The van der Waals surface area contributed by atoms with E-state index >= 15 is 0 Å². The molecule has 3 rings (SSSR count). The fourth-order valence-electron chi connectivity index (χ4n) is 2.28. The van der Waals surface area contributed by atoms with Crippen LogP contribution in [0.4, 0.5) is 4.79 Å². The molecule has 1 heterocycles. The van der Waals surface area contributed by atoms with Gasteiger partial charge in [-0.2, -0.15) is 0 Å². The van der Waals surface area contributed by atoms with Crippen molar-refractivity contribution in [2.75, 3.05) is 0 Å². The Labute approximate surface area is 153 Å². The van der Waals surface area contributed by atoms with Crippen LogP contribution in [0.2, 0.25) is 0 Å². The highest BCUT2D eigenvalue weighted by Gasteiger charge is 2.34. The Morgan fingerprint density at radius 2 is 1.83 bits per heavy atom. The molecule has 1 aliphatic rings. The zero-order valence-corrected chi connectivity index (χ0v) is 15.1. The topological polar surface area (TPSA) is 37.4 Å². The largest absolute Gasteiger partial charge is 0.293 e. The highest BCUT2D eigenvalue weighted by molar-refractivity contribution is 9.10. The number of hydrogen-bond donors (Lipinski definition) is 0. The van der Waals surface area contributed by atoms with Gasteiger partial charge in [-0.15, -0.1) is 0 Å². The lowest BCUT2D eigenvalue weighted by Crippen LogP contribution is -2.27. The molecule has 0 saturated carbocycles. The van der Waals surface area contributed by atoms with Crippen molar-refractivity contribution in [3.63, 3.8) is 0 Å². The van der Waals surface area contributed by atoms with E-state index in [0.717, 1.165) is 27.4 Å². The first-order valence-electron chi connectivity index (χ1n) is 7.35. The van der Waals surface area contributed by atoms with E-state index in [4.69, 9.17) is 0 Å². The molecule has 1 aliphatic heterocycles. The molecular formula is C19H14BrNO2S. The van der Waals surface area contributed by atoms with E-state index in [1.165, 1.54) is 4.90 Å². The Kier molecular flexibility index (Phi) is 5.33. The van der Waals surface area contributed by atoms with Crippen molar-refractivity contribution in [2.24, 2.45) is 0 Å². The molecule has 0 aromatic heterocycles. The van der Waals surface area contributed by atoms with Crippen LogP contribution in [0, 0.1) is 0 Å². The normalized spacial score (nSPS) is 16.5. The van der Waals surface area contributed by atoms with Crippen molar-refractivity contribution in [1.82, 2.24) is 4.90 Å². The van der Waals surface area contributed by atoms with Gasteiger partial charge in [-0.25, -0.2) is 0 Å². The lowest BCUT2D eigenvalue weighted by Gasteiger charge is -2.12. The van der Waals surface area contributed by atoms with Gasteiger partial charge in [-0.1, -0.05) is 70.5 Å². The third-order valence-electron chi connectivity index (χ3n) is 3.44. The summed E-state index contributed by atoms with van der Waals surface area (Å²) in [6.45, 7) is 0.282. The number of rotatable bonds is 4. The first kappa shape index (κ1) is 16.7. The highest BCUT2D eigenvalue weighted by Crippen LogP contribution is 2.32. The van der Waals surface area contributed by atoms with Gasteiger partial charge in [0.05, 0.1) is 11.4 Å². The van der Waals surface area contributed by atoms with Crippen molar-refractivity contribution in [1.29, 1.82) is 0 Å². The van der Waals surface area contributed by atoms with Crippen molar-refractivity contribution < 1.29 is 9.59 Å². The Bertz CT molecular complexity index is 830. The smallest absolute Gasteiger partial charge is 0.268 e. The second-order valence-electron chi connectivity index (χ2n) is 5.19. The highest BCUT2D eigenvalue weighted by atomic mass is 79.9. The minimum atomic E-state index is -0.248. The second kappa shape index (κ2) is 7.64. The van der Waals surface area contributed by atoms with Crippen LogP contribution in [-0.2, 0) is 11.3 Å². The number of thioether (sulfide) groups is 1. The van der Waals surface area contributed by atoms with Crippen LogP contribution in [0.25, 0.3) is 6.08 Å². The average Bonchev–Trinajstić information content (AvgIpc) is 2.84. The number of halogens is 1. The van der Waals surface area contributed by atoms with Gasteiger partial charge < -0.3 is 0 Å². The lowest BCUT2D eigenvalue weighted by molar-refractivity contribution is -0.123. The van der Waals surface area contributed by atoms with Crippen molar-refractivity contribution >= 4 is 44.9 Å². The van der Waals surface area contributed by atoms with Crippen LogP contribution in [0.1, 0.15) is 11.1 Å². The van der Waals surface area contributed by atoms with Crippen molar-refractivity contribution in [3.8, 4) is 0 Å². The fraction of sp³-hybridized carbons (Fsp3) is 0.0526. The number of carbonyl (C=O) groups is 2. The molecule has 0 N–H and O–H groups in total. The van der Waals surface area contributed by atoms with Crippen molar-refractivity contribution in [3.05, 3.63) is 87.3 Å². The van der Waals surface area contributed by atoms with Gasteiger partial charge in [0.1, 0.15) is 0 Å². The molecule has 120 valence electrons. The van der Waals surface area contributed by atoms with Crippen LogP contribution in [0.3, 0.4) is 0 Å². The molecule has 0 aliphatic carbocycles. The van der Waals surface area contributed by atoms with E-state index in [1.54, 1.807) is 12.2 Å². The quantitative estimate of drug-likeness (QED) is 0.659. The molecule has 0 atom stereocenters. The molecule has 0 unspecified atom stereocenters. The number of nitrogens with zero attached hydrogens (tertiary/aromatic N) is 1. The van der Waals surface area contributed by atoms with Crippen LogP contribution in [0.15, 0.2) is 76.1 Å². The number of allylic oxidation sites excluding steroid dienone is 2. The summed E-state index contributed by atoms with van der Waals surface area (Å²) >= 11 is 4.37. The minimum absolute atomic E-state index is 0.237. The molecule has 3 nitrogen and oxygen atoms in total. The maximum absolute atomic E-state index is 12.4. The van der Waals surface area contributed by atoms with E-state index in [9.17, 15) is 9.59 Å². The van der Waals surface area contributed by atoms with E-state index < -0.39 is 0 Å². The number of imide groups is 1. The summed E-state index contributed by atoms with van der Waals surface area (Å²) in [5.41, 5.74) is 1.95. The zero-order chi connectivity index (χ0) is 16.9. The van der Waals surface area contributed by atoms with Gasteiger partial charge in [0.25, 0.3) is 11.1 Å². The maximum atomic E-state index is 12.4. The van der Waals surface area contributed by atoms with Crippen molar-refractivity contribution in [2.45, 2.75) is 6.54 Å². The first-order chi connectivity index (χ1) is 11.6. The van der Waals surface area contributed by atoms with Crippen LogP contribution in [0.5, 0.6) is 0 Å². The number of benzene rings is 2. The number of amides is 2. The second-order valence-corrected chi connectivity index (χ2v) is 7.10. The Hall–Kier alpha value is -2.11. The predicted octanol–water partition coefficient (Wildman–Crippen LogP) is 5.24. The molecule has 2 amide bonds. The molecule has 24 heavy (non-hydrogen) atoms. The third kappa shape index (κ3) is 4.04. The van der Waals surface area contributed by atoms with Gasteiger partial charge in [0.2, 0.25) is 0 Å². The summed E-state index contributed by atoms with van der Waals surface area (Å²) < 4.78 is 0.924. The molecule has 1 fully saturated rings. The molecule has 0 radical (unpaired) electrons. The standard InChI is InChI=1S/C19H14BrNO2S/c20-16-10-4-9-15(12-16)13-21-18(22)17(24-19(21)23)11-5-8-14-6-2-1-3-7-14/h1-12H,13H2/b8-5+,17-11+. The van der Waals surface area contributed by atoms with Crippen LogP contribution < -0.4 is 0 Å². The summed E-state index contributed by atoms with van der Waals surface area (Å²) in [5, 5.41) is -0.237. The fourth-order valence-corrected chi connectivity index (χ4v) is 3.52. The van der Waals surface area contributed by atoms with Gasteiger partial charge in [-0.05, 0) is 41.1 Å². The molecule has 0 spiro atoms. The van der Waals surface area contributed by atoms with E-state index in [1.807, 2.05) is 60.7 Å². The Morgan fingerprint density at radius 3 is 2.58 bits per heavy atom. The predicted molar refractivity (Wildman–Crippen MR) is 101 cm³/mol. The van der Waals surface area contributed by atoms with Gasteiger partial charge in [0, 0.05) is 4.47 Å². The summed E-state index contributed by atoms with van der Waals surface area (Å²) in [4.78, 5) is 26.2. The summed E-state index contributed by atoms with van der Waals surface area (Å²) in [7, 11) is 0. The molecule has 2 aromatic rings. The molecule has 0 bridgehead atoms. The Morgan fingerprint density at radius 1 is 1.04 bits per heavy atom. The molecule has 5 heteroatoms. The SMILES string of the molecule is O=C1S/C(=C/C=C/c2ccccc2)C(=O)N1Cc1cccc(Br)c1. The monoisotopic (exact) mass is 399 g/mol. The lowest BCUT2D eigenvalue weighted by atomic mass is 10.2. The van der Waals surface area contributed by atoms with E-state index in [-0.39, 0.29) is 17.7 Å². The number of hydrogen-bond acceptors (Lipinski definition) is 3. The van der Waals surface area contributed by atoms with Gasteiger partial charge >= 0.3 is 0 Å². The summed E-state index contributed by atoms with van der Waals surface area (Å²) in [6.07, 6.45) is 5.40. The maximum Gasteiger partial charge on any atom is 0.293 e. The average molecular weight is 400 g/mol. The van der Waals surface area contributed by atoms with E-state index in [2.05, 4.69) is 15.9 Å². The summed E-state index contributed by atoms with van der Waals surface area (Å²) in [5.74, 6) is -0.248. The van der Waals surface area contributed by atoms with Gasteiger partial charge in [0.15, 0.2) is 0 Å². The molecule has 2 aromatic carbocycles. The van der Waals surface area contributed by atoms with Crippen LogP contribution >= 0.6 is 27.7 Å². The molecular weight excluding hydrogens is 386 g/mol. The minimum Gasteiger partial charge on any atom is -0.268 e. The van der Waals surface area contributed by atoms with Crippen LogP contribution in [-0.4, -0.2) is 16.0 Å². The third-order valence-corrected chi connectivity index (χ3v) is 4.86. The summed E-state index contributed by atoms with van der Waals surface area (Å²) in [6, 6.07) is 17.4. The first-order valence-corrected chi connectivity index (χ1v) is 8.96. The Balaban J connectivity index is 1.72. The number of carbonyl (C=O) groups excluding carboxylic acids is 2.